The van der Waals surface area contributed by atoms with Crippen LogP contribution >= 0.6 is 0 Å². The van der Waals surface area contributed by atoms with Gasteiger partial charge in [-0.15, -0.1) is 0 Å². The van der Waals surface area contributed by atoms with Crippen molar-refractivity contribution < 1.29 is 14.4 Å². The van der Waals surface area contributed by atoms with E-state index in [0.717, 1.165) is 53.3 Å². The molecule has 1 saturated heterocycles. The Morgan fingerprint density at radius 1 is 1.14 bits per heavy atom. The summed E-state index contributed by atoms with van der Waals surface area (Å²) in [4.78, 5) is 11.3. The smallest absolute Gasteiger partial charge is 0.275 e. The molecule has 0 saturated carbocycles. The van der Waals surface area contributed by atoms with Gasteiger partial charge in [0, 0.05) is 52.7 Å². The number of nitro groups is 1. The molecule has 2 aliphatic rings. The van der Waals surface area contributed by atoms with Crippen LogP contribution in [0.15, 0.2) is 36.5 Å². The van der Waals surface area contributed by atoms with Crippen LogP contribution in [0.4, 0.5) is 11.4 Å². The summed E-state index contributed by atoms with van der Waals surface area (Å²) < 4.78 is 14.1. The zero-order chi connectivity index (χ0) is 24.7. The fourth-order valence-electron chi connectivity index (χ4n) is 5.18. The quantitative estimate of drug-likeness (QED) is 0.352. The molecule has 2 aromatic carbocycles. The van der Waals surface area contributed by atoms with E-state index in [0.29, 0.717) is 24.1 Å². The maximum absolute atomic E-state index is 11.6. The van der Waals surface area contributed by atoms with Crippen molar-refractivity contribution in [1.29, 1.82) is 0 Å². The van der Waals surface area contributed by atoms with Gasteiger partial charge in [0.15, 0.2) is 0 Å². The summed E-state index contributed by atoms with van der Waals surface area (Å²) in [5.74, 6) is 0.794. The highest BCUT2D eigenvalue weighted by atomic mass is 16.6. The van der Waals surface area contributed by atoms with E-state index in [9.17, 15) is 10.1 Å². The molecule has 2 aliphatic heterocycles. The van der Waals surface area contributed by atoms with E-state index in [1.165, 1.54) is 6.42 Å². The number of nitro benzene ring substituents is 1. The topological polar surface area (TPSA) is 91.5 Å². The summed E-state index contributed by atoms with van der Waals surface area (Å²) in [5, 5.41) is 19.8. The molecule has 1 N–H and O–H groups in total. The van der Waals surface area contributed by atoms with Gasteiger partial charge in [0.05, 0.1) is 17.2 Å². The Morgan fingerprint density at radius 3 is 2.60 bits per heavy atom. The van der Waals surface area contributed by atoms with E-state index >= 15 is 0 Å². The Labute approximate surface area is 205 Å². The molecule has 0 aliphatic carbocycles. The van der Waals surface area contributed by atoms with Gasteiger partial charge in [0.1, 0.15) is 17.6 Å². The molecule has 0 radical (unpaired) electrons. The van der Waals surface area contributed by atoms with Gasteiger partial charge >= 0.3 is 0 Å². The summed E-state index contributed by atoms with van der Waals surface area (Å²) in [5.41, 5.74) is 5.85. The highest BCUT2D eigenvalue weighted by molar-refractivity contribution is 5.64. The van der Waals surface area contributed by atoms with Crippen LogP contribution in [-0.4, -0.2) is 33.5 Å². The minimum absolute atomic E-state index is 0.0345. The maximum atomic E-state index is 11.6. The molecule has 35 heavy (non-hydrogen) atoms. The van der Waals surface area contributed by atoms with Gasteiger partial charge < -0.3 is 14.8 Å². The molecule has 2 unspecified atom stereocenters. The molecular weight excluding hydrogens is 444 g/mol. The van der Waals surface area contributed by atoms with Crippen LogP contribution in [0.1, 0.15) is 54.7 Å². The maximum Gasteiger partial charge on any atom is 0.275 e. The summed E-state index contributed by atoms with van der Waals surface area (Å²) in [6, 6.07) is 10.2. The zero-order valence-electron chi connectivity index (χ0n) is 20.8. The number of nitrogens with one attached hydrogen (secondary N) is 1. The molecule has 8 nitrogen and oxygen atoms in total. The number of hydrogen-bond acceptors (Lipinski definition) is 6. The minimum Gasteiger partial charge on any atom is -0.485 e. The molecule has 0 bridgehead atoms. The molecule has 2 atom stereocenters. The zero-order valence-corrected chi connectivity index (χ0v) is 20.8. The van der Waals surface area contributed by atoms with Gasteiger partial charge in [-0.2, -0.15) is 5.10 Å². The first-order valence-corrected chi connectivity index (χ1v) is 12.2. The number of hydrogen-bond donors (Lipinski definition) is 1. The van der Waals surface area contributed by atoms with Crippen molar-refractivity contribution in [3.05, 3.63) is 68.9 Å². The fourth-order valence-corrected chi connectivity index (χ4v) is 5.18. The van der Waals surface area contributed by atoms with E-state index in [1.54, 1.807) is 6.92 Å². The number of aromatic nitrogens is 2. The summed E-state index contributed by atoms with van der Waals surface area (Å²) in [7, 11) is 0. The van der Waals surface area contributed by atoms with Crippen molar-refractivity contribution >= 4 is 11.4 Å². The molecule has 184 valence electrons. The van der Waals surface area contributed by atoms with E-state index in [2.05, 4.69) is 17.4 Å². The summed E-state index contributed by atoms with van der Waals surface area (Å²) >= 11 is 0. The third-order valence-corrected chi connectivity index (χ3v) is 7.33. The van der Waals surface area contributed by atoms with E-state index < -0.39 is 5.60 Å². The molecule has 8 heteroatoms. The van der Waals surface area contributed by atoms with Gasteiger partial charge in [-0.25, -0.2) is 4.68 Å². The largest absolute Gasteiger partial charge is 0.485 e. The second-order valence-corrected chi connectivity index (χ2v) is 9.95. The highest BCUT2D eigenvalue weighted by Gasteiger charge is 2.39. The Bertz CT molecular complexity index is 1260. The second-order valence-electron chi connectivity index (χ2n) is 9.95. The van der Waals surface area contributed by atoms with Crippen molar-refractivity contribution in [2.75, 3.05) is 18.5 Å². The average Bonchev–Trinajstić information content (AvgIpc) is 3.48. The number of ether oxygens (including phenoxy) is 2. The van der Waals surface area contributed by atoms with Gasteiger partial charge in [0.25, 0.3) is 5.69 Å². The number of anilines is 1. The summed E-state index contributed by atoms with van der Waals surface area (Å²) in [6.45, 7) is 8.95. The number of rotatable bonds is 6. The molecule has 1 aromatic heterocycles. The molecule has 3 heterocycles. The Kier molecular flexibility index (Phi) is 6.01. The monoisotopic (exact) mass is 476 g/mol. The number of nitrogens with zero attached hydrogens (tertiary/aromatic N) is 3. The van der Waals surface area contributed by atoms with Crippen molar-refractivity contribution in [2.45, 2.75) is 65.2 Å². The molecule has 5 rings (SSSR count). The van der Waals surface area contributed by atoms with Crippen LogP contribution in [0.25, 0.3) is 11.3 Å². The number of fused-ring (bicyclic) bond motifs is 1. The van der Waals surface area contributed by atoms with Crippen LogP contribution in [0.5, 0.6) is 5.75 Å². The third-order valence-electron chi connectivity index (χ3n) is 7.33. The first-order valence-electron chi connectivity index (χ1n) is 12.2. The minimum atomic E-state index is -0.489. The van der Waals surface area contributed by atoms with Crippen LogP contribution in [-0.2, 0) is 11.2 Å². The van der Waals surface area contributed by atoms with Gasteiger partial charge in [-0.3, -0.25) is 10.1 Å². The molecule has 3 aromatic rings. The predicted octanol–water partition coefficient (Wildman–Crippen LogP) is 5.89. The first-order chi connectivity index (χ1) is 16.8. The van der Waals surface area contributed by atoms with Crippen molar-refractivity contribution in [3.8, 4) is 17.0 Å². The highest BCUT2D eigenvalue weighted by Crippen LogP contribution is 2.45. The third kappa shape index (κ3) is 4.38. The lowest BCUT2D eigenvalue weighted by atomic mass is 9.92. The van der Waals surface area contributed by atoms with Gasteiger partial charge in [-0.1, -0.05) is 12.1 Å². The standard InChI is InChI=1S/C27H32N4O4/c1-17-18(2)26-22(19(3)25(17)31(32)33)15-27(4,35-26)16-28-21-10-8-20(9-11-21)23-12-13-30(29-23)24-7-5-6-14-34-24/h8-13,24,28H,5-7,14-16H2,1-4H3. The van der Waals surface area contributed by atoms with Gasteiger partial charge in [-0.05, 0) is 65.2 Å². The van der Waals surface area contributed by atoms with Crippen LogP contribution in [0.2, 0.25) is 0 Å². The average molecular weight is 477 g/mol. The van der Waals surface area contributed by atoms with Crippen LogP contribution in [0, 0.1) is 30.9 Å². The van der Waals surface area contributed by atoms with Gasteiger partial charge in [0.2, 0.25) is 0 Å². The fraction of sp³-hybridized carbons (Fsp3) is 0.444. The van der Waals surface area contributed by atoms with E-state index in [-0.39, 0.29) is 16.8 Å². The predicted molar refractivity (Wildman–Crippen MR) is 135 cm³/mol. The first kappa shape index (κ1) is 23.4. The van der Waals surface area contributed by atoms with Crippen molar-refractivity contribution in [1.82, 2.24) is 9.78 Å². The Hall–Kier alpha value is -3.39. The number of benzene rings is 2. The van der Waals surface area contributed by atoms with Crippen LogP contribution in [0.3, 0.4) is 0 Å². The van der Waals surface area contributed by atoms with Crippen LogP contribution < -0.4 is 10.1 Å². The lowest BCUT2D eigenvalue weighted by Crippen LogP contribution is -2.38. The second kappa shape index (κ2) is 9.00. The Morgan fingerprint density at radius 2 is 1.91 bits per heavy atom. The molecule has 0 amide bonds. The normalized spacial score (nSPS) is 21.4. The Balaban J connectivity index is 1.26. The van der Waals surface area contributed by atoms with E-state index in [4.69, 9.17) is 14.6 Å². The van der Waals surface area contributed by atoms with Crippen molar-refractivity contribution in [3.63, 3.8) is 0 Å². The lowest BCUT2D eigenvalue weighted by molar-refractivity contribution is -0.386. The molecule has 0 spiro atoms. The van der Waals surface area contributed by atoms with E-state index in [1.807, 2.05) is 49.8 Å². The molecular formula is C27H32N4O4. The van der Waals surface area contributed by atoms with Crippen molar-refractivity contribution in [2.24, 2.45) is 0 Å². The molecule has 1 fully saturated rings. The lowest BCUT2D eigenvalue weighted by Gasteiger charge is -2.25. The SMILES string of the molecule is Cc1c(C)c([N+](=O)[O-])c(C)c2c1OC(C)(CNc1ccc(-c3ccn(C4CCCCO4)n3)cc1)C2. The summed E-state index contributed by atoms with van der Waals surface area (Å²) in [6.07, 6.45) is 5.94.